The summed E-state index contributed by atoms with van der Waals surface area (Å²) in [5, 5.41) is 4.39. The van der Waals surface area contributed by atoms with Crippen LogP contribution in [0.3, 0.4) is 0 Å². The minimum Gasteiger partial charge on any atom is -0.466 e. The fraction of sp³-hybridized carbons (Fsp3) is 0.900. The van der Waals surface area contributed by atoms with Gasteiger partial charge in [-0.05, 0) is 57.9 Å². The summed E-state index contributed by atoms with van der Waals surface area (Å²) >= 11 is 3.41. The molecule has 2 aliphatic rings. The third-order valence-electron chi connectivity index (χ3n) is 5.86. The van der Waals surface area contributed by atoms with E-state index in [1.807, 2.05) is 13.8 Å². The van der Waals surface area contributed by atoms with Gasteiger partial charge in [0.05, 0.1) is 24.0 Å². The molecule has 2 fully saturated rings. The van der Waals surface area contributed by atoms with Crippen molar-refractivity contribution in [3.8, 4) is 0 Å². The Morgan fingerprint density at radius 2 is 1.36 bits per heavy atom. The maximum Gasteiger partial charge on any atom is 0.312 e. The molecule has 0 saturated heterocycles. The van der Waals surface area contributed by atoms with Crippen LogP contribution in [-0.2, 0) is 19.1 Å². The molecule has 0 unspecified atom stereocenters. The van der Waals surface area contributed by atoms with E-state index in [-0.39, 0.29) is 22.8 Å². The zero-order chi connectivity index (χ0) is 20.9. The summed E-state index contributed by atoms with van der Waals surface area (Å²) < 4.78 is 10.2. The molecule has 8 heteroatoms. The molecular weight excluding hydrogens is 426 g/mol. The zero-order valence-corrected chi connectivity index (χ0v) is 18.8. The molecule has 7 nitrogen and oxygen atoms in total. The number of hydrogen-bond acceptors (Lipinski definition) is 5. The second kappa shape index (κ2) is 13.0. The summed E-state index contributed by atoms with van der Waals surface area (Å²) in [6.45, 7) is 4.99. The second-order valence-corrected chi connectivity index (χ2v) is 8.35. The van der Waals surface area contributed by atoms with Crippen LogP contribution < -0.4 is 0 Å². The summed E-state index contributed by atoms with van der Waals surface area (Å²) in [5.41, 5.74) is 7.68. The monoisotopic (exact) mass is 459 g/mol. The Balaban J connectivity index is 0.000000283. The summed E-state index contributed by atoms with van der Waals surface area (Å²) in [5.74, 6) is -0.0948. The lowest BCUT2D eigenvalue weighted by Gasteiger charge is -2.25. The van der Waals surface area contributed by atoms with Gasteiger partial charge in [0.25, 0.3) is 0 Å². The lowest BCUT2D eigenvalue weighted by atomic mass is 9.83. The van der Waals surface area contributed by atoms with E-state index in [2.05, 4.69) is 26.0 Å². The molecule has 0 heterocycles. The lowest BCUT2D eigenvalue weighted by Crippen LogP contribution is -2.31. The average molecular weight is 460 g/mol. The highest BCUT2D eigenvalue weighted by molar-refractivity contribution is 9.09. The van der Waals surface area contributed by atoms with E-state index in [1.54, 1.807) is 0 Å². The second-order valence-electron chi connectivity index (χ2n) is 7.56. The van der Waals surface area contributed by atoms with Crippen LogP contribution >= 0.6 is 15.9 Å². The number of carbonyl (C=O) groups excluding carboxylic acids is 2. The fourth-order valence-electron chi connectivity index (χ4n) is 4.27. The Hall–Kier alpha value is -1.27. The molecule has 0 aromatic heterocycles. The SMILES string of the molecule is CCOC(=O)C1(CCBr)CCCC1.CCOC(=O)C1(CCN=[N+]=[N-])CCCC1. The molecule has 0 amide bonds. The van der Waals surface area contributed by atoms with Crippen LogP contribution in [0.15, 0.2) is 5.11 Å². The zero-order valence-electron chi connectivity index (χ0n) is 17.3. The van der Waals surface area contributed by atoms with E-state index < -0.39 is 0 Å². The third kappa shape index (κ3) is 6.96. The van der Waals surface area contributed by atoms with Gasteiger partial charge >= 0.3 is 11.9 Å². The van der Waals surface area contributed by atoms with E-state index in [9.17, 15) is 9.59 Å². The number of rotatable bonds is 9. The van der Waals surface area contributed by atoms with Gasteiger partial charge < -0.3 is 9.47 Å². The number of esters is 2. The van der Waals surface area contributed by atoms with Gasteiger partial charge in [0.15, 0.2) is 0 Å². The van der Waals surface area contributed by atoms with Gasteiger partial charge in [-0.2, -0.15) is 0 Å². The maximum absolute atomic E-state index is 11.8. The minimum atomic E-state index is -0.371. The van der Waals surface area contributed by atoms with Crippen molar-refractivity contribution in [1.29, 1.82) is 0 Å². The molecule has 0 radical (unpaired) electrons. The smallest absolute Gasteiger partial charge is 0.312 e. The Labute approximate surface area is 176 Å². The van der Waals surface area contributed by atoms with Gasteiger partial charge in [-0.15, -0.1) is 0 Å². The fourth-order valence-corrected chi connectivity index (χ4v) is 5.03. The van der Waals surface area contributed by atoms with Gasteiger partial charge in [-0.1, -0.05) is 46.7 Å². The van der Waals surface area contributed by atoms with Gasteiger partial charge in [0, 0.05) is 16.8 Å². The summed E-state index contributed by atoms with van der Waals surface area (Å²) in [6.07, 6.45) is 9.78. The highest BCUT2D eigenvalue weighted by Gasteiger charge is 2.42. The van der Waals surface area contributed by atoms with Crippen LogP contribution in [0.5, 0.6) is 0 Å². The molecule has 28 heavy (non-hydrogen) atoms. The topological polar surface area (TPSA) is 101 Å². The predicted octanol–water partition coefficient (Wildman–Crippen LogP) is 5.71. The molecule has 0 bridgehead atoms. The van der Waals surface area contributed by atoms with Crippen LogP contribution in [0, 0.1) is 10.8 Å². The van der Waals surface area contributed by atoms with Gasteiger partial charge in [0.2, 0.25) is 0 Å². The molecule has 2 saturated carbocycles. The van der Waals surface area contributed by atoms with Crippen molar-refractivity contribution in [1.82, 2.24) is 0 Å². The van der Waals surface area contributed by atoms with E-state index >= 15 is 0 Å². The van der Waals surface area contributed by atoms with E-state index in [1.165, 1.54) is 12.8 Å². The standard InChI is InChI=1S/C10H17BrO2.C10H17N3O2/c1-2-13-9(12)10(7-8-11)5-3-4-6-10;1-2-15-9(14)10(5-3-4-6-10)7-8-12-13-11/h2-8H2,1H3;2-8H2,1H3. The number of alkyl halides is 1. The molecular formula is C20H34BrN3O4. The van der Waals surface area contributed by atoms with Crippen LogP contribution in [0.1, 0.15) is 78.1 Å². The quantitative estimate of drug-likeness (QED) is 0.145. The van der Waals surface area contributed by atoms with Crippen LogP contribution in [0.25, 0.3) is 10.4 Å². The number of ether oxygens (including phenoxy) is 2. The number of azide groups is 1. The van der Waals surface area contributed by atoms with Crippen molar-refractivity contribution in [3.63, 3.8) is 0 Å². The van der Waals surface area contributed by atoms with Crippen molar-refractivity contribution in [2.75, 3.05) is 25.1 Å². The first-order valence-electron chi connectivity index (χ1n) is 10.4. The molecule has 2 aliphatic carbocycles. The minimum absolute atomic E-state index is 0.0203. The van der Waals surface area contributed by atoms with Crippen molar-refractivity contribution in [3.05, 3.63) is 10.4 Å². The lowest BCUT2D eigenvalue weighted by molar-refractivity contribution is -0.156. The van der Waals surface area contributed by atoms with Gasteiger partial charge in [-0.25, -0.2) is 0 Å². The summed E-state index contributed by atoms with van der Waals surface area (Å²) in [4.78, 5) is 26.2. The van der Waals surface area contributed by atoms with Crippen LogP contribution in [0.4, 0.5) is 0 Å². The van der Waals surface area contributed by atoms with E-state index in [4.69, 9.17) is 15.0 Å². The predicted molar refractivity (Wildman–Crippen MR) is 112 cm³/mol. The Morgan fingerprint density at radius 3 is 1.71 bits per heavy atom. The Kier molecular flexibility index (Phi) is 11.5. The van der Waals surface area contributed by atoms with Crippen molar-refractivity contribution >= 4 is 27.9 Å². The first-order valence-corrected chi connectivity index (χ1v) is 11.5. The number of hydrogen-bond donors (Lipinski definition) is 0. The molecule has 2 rings (SSSR count). The molecule has 0 atom stereocenters. The van der Waals surface area contributed by atoms with Crippen LogP contribution in [-0.4, -0.2) is 37.0 Å². The molecule has 0 aliphatic heterocycles. The molecule has 0 aromatic rings. The number of halogens is 1. The maximum atomic E-state index is 11.8. The highest BCUT2D eigenvalue weighted by Crippen LogP contribution is 2.43. The van der Waals surface area contributed by atoms with E-state index in [0.717, 1.165) is 50.3 Å². The van der Waals surface area contributed by atoms with Gasteiger partial charge in [0.1, 0.15) is 0 Å². The average Bonchev–Trinajstić information content (AvgIpc) is 3.34. The van der Waals surface area contributed by atoms with Crippen LogP contribution in [0.2, 0.25) is 0 Å². The van der Waals surface area contributed by atoms with Gasteiger partial charge in [-0.3, -0.25) is 9.59 Å². The normalized spacial score (nSPS) is 19.1. The summed E-state index contributed by atoms with van der Waals surface area (Å²) in [7, 11) is 0. The third-order valence-corrected chi connectivity index (χ3v) is 6.26. The molecule has 160 valence electrons. The van der Waals surface area contributed by atoms with Crippen molar-refractivity contribution in [2.24, 2.45) is 15.9 Å². The number of nitrogens with zero attached hydrogens (tertiary/aromatic N) is 3. The Morgan fingerprint density at radius 1 is 0.929 bits per heavy atom. The first-order chi connectivity index (χ1) is 13.5. The number of carbonyl (C=O) groups is 2. The first kappa shape index (κ1) is 24.8. The van der Waals surface area contributed by atoms with E-state index in [0.29, 0.717) is 26.2 Å². The van der Waals surface area contributed by atoms with Crippen molar-refractivity contribution < 1.29 is 19.1 Å². The molecule has 0 aromatic carbocycles. The summed E-state index contributed by atoms with van der Waals surface area (Å²) in [6, 6.07) is 0. The largest absolute Gasteiger partial charge is 0.466 e. The highest BCUT2D eigenvalue weighted by atomic mass is 79.9. The molecule has 0 spiro atoms. The van der Waals surface area contributed by atoms with Crippen molar-refractivity contribution in [2.45, 2.75) is 78.1 Å². The Bertz CT molecular complexity index is 538. The molecule has 0 N–H and O–H groups in total.